The van der Waals surface area contributed by atoms with Crippen molar-refractivity contribution in [2.24, 2.45) is 11.8 Å². The number of amides is 2. The van der Waals surface area contributed by atoms with Crippen LogP contribution in [-0.4, -0.2) is 50.7 Å². The molecule has 0 radical (unpaired) electrons. The number of aromatic nitrogens is 2. The van der Waals surface area contributed by atoms with Crippen molar-refractivity contribution < 1.29 is 14.1 Å². The zero-order chi connectivity index (χ0) is 27.7. The zero-order valence-corrected chi connectivity index (χ0v) is 24.1. The molecule has 2 aromatic carbocycles. The summed E-state index contributed by atoms with van der Waals surface area (Å²) in [5.41, 5.74) is 4.71. The van der Waals surface area contributed by atoms with Crippen LogP contribution in [0.15, 0.2) is 53.4 Å². The van der Waals surface area contributed by atoms with E-state index in [1.165, 1.54) is 0 Å². The molecule has 4 bridgehead atoms. The highest BCUT2D eigenvalue weighted by Crippen LogP contribution is 2.32. The Morgan fingerprint density at radius 1 is 1.10 bits per heavy atom. The van der Waals surface area contributed by atoms with Gasteiger partial charge in [0, 0.05) is 36.2 Å². The van der Waals surface area contributed by atoms with Gasteiger partial charge >= 0.3 is 6.03 Å². The Kier molecular flexibility index (Phi) is 7.73. The van der Waals surface area contributed by atoms with Gasteiger partial charge in [0.05, 0.1) is 12.3 Å². The van der Waals surface area contributed by atoms with Crippen molar-refractivity contribution in [1.82, 2.24) is 20.2 Å². The normalized spacial score (nSPS) is 21.3. The van der Waals surface area contributed by atoms with E-state index in [1.54, 1.807) is 0 Å². The third kappa shape index (κ3) is 6.47. The molecule has 3 heterocycles. The van der Waals surface area contributed by atoms with E-state index in [0.717, 1.165) is 35.1 Å². The molecule has 2 amide bonds. The van der Waals surface area contributed by atoms with Gasteiger partial charge in [-0.3, -0.25) is 0 Å². The fourth-order valence-corrected chi connectivity index (χ4v) is 6.27. The van der Waals surface area contributed by atoms with Crippen LogP contribution in [0.2, 0.25) is 0 Å². The second-order valence-electron chi connectivity index (χ2n) is 11.7. The van der Waals surface area contributed by atoms with Gasteiger partial charge in [0.25, 0.3) is 5.95 Å². The van der Waals surface area contributed by atoms with E-state index < -0.39 is 11.4 Å². The number of carbonyl (C=O) groups is 1. The lowest BCUT2D eigenvalue weighted by Gasteiger charge is -2.39. The first kappa shape index (κ1) is 27.3. The molecule has 9 heteroatoms. The fraction of sp³-hybridized carbons (Fsp3) is 0.433. The largest absolute Gasteiger partial charge is 0.588 e. The minimum atomic E-state index is -1.54. The van der Waals surface area contributed by atoms with Gasteiger partial charge in [-0.25, -0.2) is 9.78 Å². The van der Waals surface area contributed by atoms with Gasteiger partial charge in [0.1, 0.15) is 11.4 Å². The number of carbonyl (C=O) groups excluding carboxylic acids is 1. The van der Waals surface area contributed by atoms with Crippen LogP contribution < -0.4 is 14.8 Å². The maximum Gasteiger partial charge on any atom is 0.317 e. The molecule has 1 aromatic heterocycles. The van der Waals surface area contributed by atoms with Crippen LogP contribution in [0.25, 0.3) is 11.3 Å². The summed E-state index contributed by atoms with van der Waals surface area (Å²) in [7, 11) is 0. The molecule has 3 atom stereocenters. The molecule has 8 nitrogen and oxygen atoms in total. The Balaban J connectivity index is 1.51. The summed E-state index contributed by atoms with van der Waals surface area (Å²) in [5, 5.41) is 3.10. The summed E-state index contributed by atoms with van der Waals surface area (Å²) in [4.78, 5) is 24.9. The molecule has 0 saturated carbocycles. The van der Waals surface area contributed by atoms with Gasteiger partial charge in [-0.15, -0.1) is 0 Å². The molecule has 2 aliphatic rings. The topological polar surface area (TPSA) is 102 Å². The smallest absolute Gasteiger partial charge is 0.317 e. The van der Waals surface area contributed by atoms with E-state index in [4.69, 9.17) is 9.72 Å². The third-order valence-electron chi connectivity index (χ3n) is 7.34. The molecule has 2 aliphatic heterocycles. The van der Waals surface area contributed by atoms with E-state index in [9.17, 15) is 9.35 Å². The maximum atomic E-state index is 13.3. The Bertz CT molecular complexity index is 1340. The average molecular weight is 548 g/mol. The number of ether oxygens (including phenoxy) is 1. The van der Waals surface area contributed by atoms with Crippen molar-refractivity contribution in [2.75, 3.05) is 24.4 Å². The molecular weight excluding hydrogens is 510 g/mol. The maximum absolute atomic E-state index is 13.3. The lowest BCUT2D eigenvalue weighted by Crippen LogP contribution is -2.53. The number of benzene rings is 2. The first-order valence-corrected chi connectivity index (χ1v) is 14.6. The predicted molar refractivity (Wildman–Crippen MR) is 154 cm³/mol. The highest BCUT2D eigenvalue weighted by molar-refractivity contribution is 7.92. The van der Waals surface area contributed by atoms with Crippen LogP contribution in [0.4, 0.5) is 10.7 Å². The molecule has 2 N–H and O–H groups in total. The van der Waals surface area contributed by atoms with E-state index in [0.29, 0.717) is 42.1 Å². The molecule has 39 heavy (non-hydrogen) atoms. The van der Waals surface area contributed by atoms with Gasteiger partial charge in [-0.2, -0.15) is 9.71 Å². The lowest BCUT2D eigenvalue weighted by molar-refractivity contribution is 0.0909. The molecule has 0 aliphatic carbocycles. The fourth-order valence-electron chi connectivity index (χ4n) is 5.44. The Labute approximate surface area is 233 Å². The zero-order valence-electron chi connectivity index (χ0n) is 23.3. The van der Waals surface area contributed by atoms with Crippen LogP contribution >= 0.6 is 0 Å². The number of nitrogens with one attached hydrogen (secondary N) is 2. The summed E-state index contributed by atoms with van der Waals surface area (Å²) in [6, 6.07) is 15.8. The van der Waals surface area contributed by atoms with E-state index in [1.807, 2.05) is 82.0 Å². The molecule has 1 saturated heterocycles. The van der Waals surface area contributed by atoms with Gasteiger partial charge in [0.2, 0.25) is 5.88 Å². The van der Waals surface area contributed by atoms with E-state index in [-0.39, 0.29) is 23.4 Å². The summed E-state index contributed by atoms with van der Waals surface area (Å²) in [6.07, 6.45) is 1.69. The second kappa shape index (κ2) is 11.1. The Hall–Kier alpha value is -3.30. The van der Waals surface area contributed by atoms with Crippen LogP contribution in [0.3, 0.4) is 0 Å². The highest BCUT2D eigenvalue weighted by atomic mass is 32.2. The molecule has 1 fully saturated rings. The number of rotatable bonds is 1. The molecule has 0 spiro atoms. The number of aryl methyl sites for hydroxylation is 2. The number of piperidine rings is 1. The van der Waals surface area contributed by atoms with Crippen LogP contribution in [0, 0.1) is 25.7 Å². The van der Waals surface area contributed by atoms with Crippen molar-refractivity contribution >= 4 is 23.3 Å². The number of hydrogen-bond donors (Lipinski definition) is 2. The predicted octanol–water partition coefficient (Wildman–Crippen LogP) is 5.28. The standard InChI is InChI=1S/C30H37N5O3S/c1-19-8-6-9-20(2)27(19)25-16-26-32-28(31-25)34-39(37)24-11-7-10-21(15-24)14-22-12-13-35(17-23(22)18-38-26)29(36)33-30(3,4)5/h6-11,15-16,22-23H,12-14,17-18H2,1-5H3,(H,33,36)(H,31,32,34)/t22?,23-,39?/m1/s1. The van der Waals surface area contributed by atoms with Crippen LogP contribution in [0.1, 0.15) is 43.9 Å². The summed E-state index contributed by atoms with van der Waals surface area (Å²) in [6.45, 7) is 11.8. The number of hydrogen-bond acceptors (Lipinski definition) is 6. The van der Waals surface area contributed by atoms with Crippen molar-refractivity contribution in [3.63, 3.8) is 0 Å². The number of urea groups is 1. The Morgan fingerprint density at radius 3 is 2.59 bits per heavy atom. The number of likely N-dealkylation sites (tertiary alicyclic amines) is 1. The molecule has 2 unspecified atom stereocenters. The number of anilines is 1. The lowest BCUT2D eigenvalue weighted by atomic mass is 9.81. The van der Waals surface area contributed by atoms with Crippen molar-refractivity contribution in [2.45, 2.75) is 57.9 Å². The third-order valence-corrected chi connectivity index (χ3v) is 8.39. The van der Waals surface area contributed by atoms with Gasteiger partial charge in [-0.1, -0.05) is 30.3 Å². The highest BCUT2D eigenvalue weighted by Gasteiger charge is 2.34. The molecule has 206 valence electrons. The number of nitrogens with zero attached hydrogens (tertiary/aromatic N) is 3. The second-order valence-corrected chi connectivity index (χ2v) is 12.9. The van der Waals surface area contributed by atoms with E-state index >= 15 is 0 Å². The molecule has 5 rings (SSSR count). The van der Waals surface area contributed by atoms with Gasteiger partial charge in [0.15, 0.2) is 4.90 Å². The first-order valence-electron chi connectivity index (χ1n) is 13.5. The van der Waals surface area contributed by atoms with Gasteiger partial charge < -0.3 is 19.5 Å². The van der Waals surface area contributed by atoms with Gasteiger partial charge in [-0.05, 0) is 82.2 Å². The van der Waals surface area contributed by atoms with E-state index in [2.05, 4.69) is 21.1 Å². The molecule has 3 aromatic rings. The van der Waals surface area contributed by atoms with Crippen LogP contribution in [0.5, 0.6) is 5.88 Å². The minimum Gasteiger partial charge on any atom is -0.588 e. The molecular formula is C30H37N5O3S. The average Bonchev–Trinajstić information content (AvgIpc) is 2.87. The minimum absolute atomic E-state index is 0.0490. The first-order chi connectivity index (χ1) is 18.6. The van der Waals surface area contributed by atoms with Crippen molar-refractivity contribution in [3.05, 3.63) is 65.2 Å². The van der Waals surface area contributed by atoms with Crippen molar-refractivity contribution in [1.29, 1.82) is 0 Å². The van der Waals surface area contributed by atoms with Crippen molar-refractivity contribution in [3.8, 4) is 17.1 Å². The quantitative estimate of drug-likeness (QED) is 0.402. The Morgan fingerprint density at radius 2 is 1.85 bits per heavy atom. The summed E-state index contributed by atoms with van der Waals surface area (Å²) >= 11 is -1.54. The summed E-state index contributed by atoms with van der Waals surface area (Å²) in [5.74, 6) is 1.08. The SMILES string of the molecule is Cc1cccc(C)c1-c1cc2nc(n1)N[S+]([O-])c1cccc(c1)CC1CCN(C(=O)NC(C)(C)C)C[C@@H]1CO2. The van der Waals surface area contributed by atoms with Crippen LogP contribution in [-0.2, 0) is 17.8 Å². The number of fused-ring (bicyclic) bond motifs is 5. The summed E-state index contributed by atoms with van der Waals surface area (Å²) < 4.78 is 22.6. The monoisotopic (exact) mass is 547 g/mol.